The molecule has 0 aromatic heterocycles. The zero-order valence-corrected chi connectivity index (χ0v) is 11.6. The Labute approximate surface area is 119 Å². The van der Waals surface area contributed by atoms with Gasteiger partial charge in [-0.15, -0.1) is 0 Å². The molecule has 1 aromatic rings. The van der Waals surface area contributed by atoms with Gasteiger partial charge < -0.3 is 9.84 Å². The van der Waals surface area contributed by atoms with E-state index in [0.29, 0.717) is 12.2 Å². The van der Waals surface area contributed by atoms with Gasteiger partial charge in [-0.25, -0.2) is 4.79 Å². The minimum atomic E-state index is -0.251. The molecule has 4 nitrogen and oxygen atoms in total. The number of hydrogen-bond donors (Lipinski definition) is 1. The van der Waals surface area contributed by atoms with E-state index in [1.54, 1.807) is 12.1 Å². The first-order valence-electron chi connectivity index (χ1n) is 7.35. The molecule has 0 saturated carbocycles. The predicted octanol–water partition coefficient (Wildman–Crippen LogP) is 1.83. The van der Waals surface area contributed by atoms with Crippen LogP contribution in [-0.4, -0.2) is 47.3 Å². The van der Waals surface area contributed by atoms with Gasteiger partial charge in [-0.1, -0.05) is 18.2 Å². The van der Waals surface area contributed by atoms with Gasteiger partial charge in [0.05, 0.1) is 17.7 Å². The fourth-order valence-corrected chi connectivity index (χ4v) is 3.66. The molecule has 0 radical (unpaired) electrons. The standard InChI is InChI=1S/C16H21NO3/c18-11-14-7-9-16(8-4-10-17(14)16)12-20-15(19)13-5-2-1-3-6-13/h1-3,5-6,14,18H,4,7-12H2/t14-,16-/m1/s1. The number of aliphatic hydroxyl groups is 1. The van der Waals surface area contributed by atoms with Gasteiger partial charge in [0.2, 0.25) is 0 Å². The highest BCUT2D eigenvalue weighted by molar-refractivity contribution is 5.89. The Morgan fingerprint density at radius 2 is 2.15 bits per heavy atom. The Morgan fingerprint density at radius 1 is 1.35 bits per heavy atom. The van der Waals surface area contributed by atoms with Crippen molar-refractivity contribution in [2.24, 2.45) is 0 Å². The zero-order chi connectivity index (χ0) is 14.0. The Balaban J connectivity index is 1.65. The number of carbonyl (C=O) groups excluding carboxylic acids is 1. The van der Waals surface area contributed by atoms with E-state index in [1.165, 1.54) is 0 Å². The van der Waals surface area contributed by atoms with Crippen molar-refractivity contribution in [1.82, 2.24) is 4.90 Å². The minimum absolute atomic E-state index is 0.0299. The maximum absolute atomic E-state index is 12.0. The minimum Gasteiger partial charge on any atom is -0.460 e. The topological polar surface area (TPSA) is 49.8 Å². The van der Waals surface area contributed by atoms with Crippen molar-refractivity contribution in [3.63, 3.8) is 0 Å². The van der Waals surface area contributed by atoms with Crippen molar-refractivity contribution in [2.45, 2.75) is 37.3 Å². The lowest BCUT2D eigenvalue weighted by Gasteiger charge is -2.34. The van der Waals surface area contributed by atoms with Crippen LogP contribution in [0.15, 0.2) is 30.3 Å². The van der Waals surface area contributed by atoms with Crippen molar-refractivity contribution in [2.75, 3.05) is 19.8 Å². The predicted molar refractivity (Wildman–Crippen MR) is 75.5 cm³/mol. The molecule has 20 heavy (non-hydrogen) atoms. The van der Waals surface area contributed by atoms with Gasteiger partial charge in [-0.2, -0.15) is 0 Å². The number of nitrogens with zero attached hydrogens (tertiary/aromatic N) is 1. The van der Waals surface area contributed by atoms with Crippen LogP contribution in [0, 0.1) is 0 Å². The van der Waals surface area contributed by atoms with Crippen LogP contribution in [0.3, 0.4) is 0 Å². The third-order valence-corrected chi connectivity index (χ3v) is 4.73. The third-order valence-electron chi connectivity index (χ3n) is 4.73. The fourth-order valence-electron chi connectivity index (χ4n) is 3.66. The SMILES string of the molecule is O=C(OC[C@]12CCCN1[C@@H](CO)CC2)c1ccccc1. The summed E-state index contributed by atoms with van der Waals surface area (Å²) in [6.45, 7) is 1.65. The Bertz CT molecular complexity index is 476. The summed E-state index contributed by atoms with van der Waals surface area (Å²) in [5.74, 6) is -0.251. The van der Waals surface area contributed by atoms with Crippen molar-refractivity contribution in [1.29, 1.82) is 0 Å². The lowest BCUT2D eigenvalue weighted by Crippen LogP contribution is -2.47. The smallest absolute Gasteiger partial charge is 0.338 e. The van der Waals surface area contributed by atoms with Crippen LogP contribution in [0.2, 0.25) is 0 Å². The summed E-state index contributed by atoms with van der Waals surface area (Å²) in [4.78, 5) is 14.4. The number of carbonyl (C=O) groups is 1. The maximum atomic E-state index is 12.0. The first kappa shape index (κ1) is 13.6. The number of hydrogen-bond acceptors (Lipinski definition) is 4. The largest absolute Gasteiger partial charge is 0.460 e. The quantitative estimate of drug-likeness (QED) is 0.852. The van der Waals surface area contributed by atoms with Crippen molar-refractivity contribution in [3.8, 4) is 0 Å². The van der Waals surface area contributed by atoms with Gasteiger partial charge in [0.1, 0.15) is 6.61 Å². The first-order valence-corrected chi connectivity index (χ1v) is 7.35. The molecule has 0 bridgehead atoms. The second-order valence-electron chi connectivity index (χ2n) is 5.84. The van der Waals surface area contributed by atoms with E-state index in [1.807, 2.05) is 18.2 Å². The lowest BCUT2D eigenvalue weighted by atomic mass is 9.95. The average molecular weight is 275 g/mol. The highest BCUT2D eigenvalue weighted by Gasteiger charge is 2.49. The van der Waals surface area contributed by atoms with Crippen molar-refractivity contribution in [3.05, 3.63) is 35.9 Å². The molecule has 2 fully saturated rings. The summed E-state index contributed by atoms with van der Waals surface area (Å²) >= 11 is 0. The van der Waals surface area contributed by atoms with Gasteiger partial charge in [0.25, 0.3) is 0 Å². The molecule has 2 aliphatic heterocycles. The van der Waals surface area contributed by atoms with Crippen LogP contribution < -0.4 is 0 Å². The summed E-state index contributed by atoms with van der Waals surface area (Å²) in [5, 5.41) is 9.43. The molecule has 0 amide bonds. The van der Waals surface area contributed by atoms with E-state index in [9.17, 15) is 9.90 Å². The maximum Gasteiger partial charge on any atom is 0.338 e. The number of rotatable bonds is 4. The molecule has 108 valence electrons. The zero-order valence-electron chi connectivity index (χ0n) is 11.6. The average Bonchev–Trinajstić information content (AvgIpc) is 3.04. The van der Waals surface area contributed by atoms with E-state index >= 15 is 0 Å². The Morgan fingerprint density at radius 3 is 2.90 bits per heavy atom. The molecule has 3 rings (SSSR count). The highest BCUT2D eigenvalue weighted by atomic mass is 16.5. The Kier molecular flexibility index (Phi) is 3.76. The highest BCUT2D eigenvalue weighted by Crippen LogP contribution is 2.42. The van der Waals surface area contributed by atoms with Gasteiger partial charge in [0.15, 0.2) is 0 Å². The summed E-state index contributed by atoms with van der Waals surface area (Å²) in [6, 6.07) is 9.36. The van der Waals surface area contributed by atoms with Crippen LogP contribution in [0.4, 0.5) is 0 Å². The Hall–Kier alpha value is -1.39. The molecule has 4 heteroatoms. The summed E-state index contributed by atoms with van der Waals surface area (Å²) < 4.78 is 5.55. The van der Waals surface area contributed by atoms with Crippen LogP contribution >= 0.6 is 0 Å². The number of ether oxygens (including phenoxy) is 1. The second-order valence-corrected chi connectivity index (χ2v) is 5.84. The van der Waals surface area contributed by atoms with Crippen LogP contribution in [-0.2, 0) is 4.74 Å². The van der Waals surface area contributed by atoms with Crippen molar-refractivity contribution < 1.29 is 14.6 Å². The van der Waals surface area contributed by atoms with E-state index < -0.39 is 0 Å². The van der Waals surface area contributed by atoms with Gasteiger partial charge in [-0.3, -0.25) is 4.90 Å². The monoisotopic (exact) mass is 275 g/mol. The van der Waals surface area contributed by atoms with E-state index in [-0.39, 0.29) is 24.2 Å². The molecule has 1 N–H and O–H groups in total. The molecule has 1 aromatic carbocycles. The number of benzene rings is 1. The van der Waals surface area contributed by atoms with Crippen LogP contribution in [0.25, 0.3) is 0 Å². The number of esters is 1. The van der Waals surface area contributed by atoms with Gasteiger partial charge >= 0.3 is 5.97 Å². The molecular formula is C16H21NO3. The van der Waals surface area contributed by atoms with E-state index in [4.69, 9.17) is 4.74 Å². The molecule has 0 unspecified atom stereocenters. The van der Waals surface area contributed by atoms with Gasteiger partial charge in [0, 0.05) is 6.04 Å². The van der Waals surface area contributed by atoms with E-state index in [2.05, 4.69) is 4.90 Å². The van der Waals surface area contributed by atoms with Crippen LogP contribution in [0.5, 0.6) is 0 Å². The molecule has 0 aliphatic carbocycles. The number of aliphatic hydroxyl groups excluding tert-OH is 1. The summed E-state index contributed by atoms with van der Waals surface area (Å²) in [5.41, 5.74) is 0.572. The van der Waals surface area contributed by atoms with Crippen molar-refractivity contribution >= 4 is 5.97 Å². The molecule has 2 atom stereocenters. The van der Waals surface area contributed by atoms with Crippen LogP contribution in [0.1, 0.15) is 36.0 Å². The molecule has 0 spiro atoms. The second kappa shape index (κ2) is 5.54. The summed E-state index contributed by atoms with van der Waals surface area (Å²) in [6.07, 6.45) is 4.20. The molecular weight excluding hydrogens is 254 g/mol. The third kappa shape index (κ3) is 2.34. The number of fused-ring (bicyclic) bond motifs is 1. The molecule has 2 aliphatic rings. The van der Waals surface area contributed by atoms with E-state index in [0.717, 1.165) is 32.2 Å². The molecule has 2 heterocycles. The first-order chi connectivity index (χ1) is 9.75. The lowest BCUT2D eigenvalue weighted by molar-refractivity contribution is 0.0154. The fraction of sp³-hybridized carbons (Fsp3) is 0.562. The molecule has 2 saturated heterocycles. The summed E-state index contributed by atoms with van der Waals surface area (Å²) in [7, 11) is 0. The normalized spacial score (nSPS) is 29.4. The van der Waals surface area contributed by atoms with Gasteiger partial charge in [-0.05, 0) is 44.4 Å².